The number of hydrogen-bond acceptors (Lipinski definition) is 4. The Labute approximate surface area is 125 Å². The van der Waals surface area contributed by atoms with Crippen LogP contribution in [0.2, 0.25) is 5.02 Å². The van der Waals surface area contributed by atoms with Crippen molar-refractivity contribution in [2.24, 2.45) is 10.9 Å². The van der Waals surface area contributed by atoms with Crippen molar-refractivity contribution >= 4 is 17.4 Å². The second-order valence-electron chi connectivity index (χ2n) is 5.07. The number of rotatable bonds is 7. The standard InChI is InChI=1S/C13H24ClN5O/c1-5-19-11(13(14)10(4)16-19)8-18(9(2)3)7-6-12(15)17-20/h9,20H,5-8H2,1-4H3,(H2,15,17). The van der Waals surface area contributed by atoms with Crippen molar-refractivity contribution < 1.29 is 5.21 Å². The molecule has 0 amide bonds. The lowest BCUT2D eigenvalue weighted by atomic mass is 10.2. The van der Waals surface area contributed by atoms with Crippen LogP contribution >= 0.6 is 11.6 Å². The van der Waals surface area contributed by atoms with E-state index in [0.29, 0.717) is 25.6 Å². The van der Waals surface area contributed by atoms with E-state index >= 15 is 0 Å². The fourth-order valence-electron chi connectivity index (χ4n) is 2.04. The monoisotopic (exact) mass is 301 g/mol. The molecule has 0 aliphatic heterocycles. The van der Waals surface area contributed by atoms with Gasteiger partial charge in [-0.25, -0.2) is 0 Å². The van der Waals surface area contributed by atoms with Crippen LogP contribution in [0.15, 0.2) is 5.16 Å². The van der Waals surface area contributed by atoms with Crippen molar-refractivity contribution in [2.45, 2.75) is 53.2 Å². The maximum absolute atomic E-state index is 8.61. The highest BCUT2D eigenvalue weighted by Crippen LogP contribution is 2.22. The summed E-state index contributed by atoms with van der Waals surface area (Å²) < 4.78 is 1.93. The summed E-state index contributed by atoms with van der Waals surface area (Å²) in [5.74, 6) is 0.238. The van der Waals surface area contributed by atoms with Crippen molar-refractivity contribution in [3.63, 3.8) is 0 Å². The van der Waals surface area contributed by atoms with E-state index in [4.69, 9.17) is 22.5 Å². The van der Waals surface area contributed by atoms with Gasteiger partial charge in [0.15, 0.2) is 0 Å². The number of nitrogens with zero attached hydrogens (tertiary/aromatic N) is 4. The Morgan fingerprint density at radius 3 is 2.70 bits per heavy atom. The molecule has 0 fully saturated rings. The Morgan fingerprint density at radius 2 is 2.20 bits per heavy atom. The van der Waals surface area contributed by atoms with Gasteiger partial charge in [-0.3, -0.25) is 9.58 Å². The minimum Gasteiger partial charge on any atom is -0.409 e. The summed E-state index contributed by atoms with van der Waals surface area (Å²) in [5.41, 5.74) is 7.40. The van der Waals surface area contributed by atoms with E-state index in [1.165, 1.54) is 0 Å². The number of halogens is 1. The Bertz CT molecular complexity index is 470. The molecule has 0 saturated carbocycles. The minimum absolute atomic E-state index is 0.238. The summed E-state index contributed by atoms with van der Waals surface area (Å²) >= 11 is 6.33. The summed E-state index contributed by atoms with van der Waals surface area (Å²) in [4.78, 5) is 2.23. The number of aromatic nitrogens is 2. The molecule has 114 valence electrons. The fraction of sp³-hybridized carbons (Fsp3) is 0.692. The zero-order valence-electron chi connectivity index (χ0n) is 12.6. The molecule has 0 radical (unpaired) electrons. The van der Waals surface area contributed by atoms with Crippen LogP contribution in [0.25, 0.3) is 0 Å². The van der Waals surface area contributed by atoms with E-state index in [2.05, 4.69) is 29.0 Å². The van der Waals surface area contributed by atoms with Crippen molar-refractivity contribution in [1.29, 1.82) is 0 Å². The number of oxime groups is 1. The summed E-state index contributed by atoms with van der Waals surface area (Å²) in [6.07, 6.45) is 0.519. The maximum atomic E-state index is 8.61. The van der Waals surface area contributed by atoms with Crippen molar-refractivity contribution in [2.75, 3.05) is 6.54 Å². The number of amidine groups is 1. The van der Waals surface area contributed by atoms with Crippen LogP contribution in [-0.2, 0) is 13.1 Å². The molecule has 0 aliphatic carbocycles. The van der Waals surface area contributed by atoms with E-state index < -0.39 is 0 Å². The zero-order chi connectivity index (χ0) is 15.3. The smallest absolute Gasteiger partial charge is 0.140 e. The average Bonchev–Trinajstić information content (AvgIpc) is 2.69. The molecule has 6 nitrogen and oxygen atoms in total. The Morgan fingerprint density at radius 1 is 1.55 bits per heavy atom. The first-order chi connectivity index (χ1) is 9.40. The van der Waals surface area contributed by atoms with Gasteiger partial charge in [0.1, 0.15) is 5.84 Å². The molecule has 1 heterocycles. The van der Waals surface area contributed by atoms with Crippen LogP contribution in [0.3, 0.4) is 0 Å². The van der Waals surface area contributed by atoms with Crippen LogP contribution in [0.5, 0.6) is 0 Å². The number of nitrogens with two attached hydrogens (primary N) is 1. The van der Waals surface area contributed by atoms with Crippen molar-refractivity contribution in [3.05, 3.63) is 16.4 Å². The van der Waals surface area contributed by atoms with Crippen LogP contribution in [0, 0.1) is 6.92 Å². The Hall–Kier alpha value is -1.27. The minimum atomic E-state index is 0.238. The summed E-state index contributed by atoms with van der Waals surface area (Å²) in [5, 5.41) is 16.8. The molecule has 7 heteroatoms. The first-order valence-electron chi connectivity index (χ1n) is 6.82. The average molecular weight is 302 g/mol. The lowest BCUT2D eigenvalue weighted by Crippen LogP contribution is -2.34. The summed E-state index contributed by atoms with van der Waals surface area (Å²) in [7, 11) is 0. The number of aryl methyl sites for hydroxylation is 2. The first kappa shape index (κ1) is 16.8. The second kappa shape index (κ2) is 7.50. The van der Waals surface area contributed by atoms with Gasteiger partial charge in [-0.15, -0.1) is 0 Å². The molecule has 1 aromatic heterocycles. The Balaban J connectivity index is 2.85. The predicted molar refractivity (Wildman–Crippen MR) is 81.2 cm³/mol. The normalized spacial score (nSPS) is 12.7. The topological polar surface area (TPSA) is 79.7 Å². The third-order valence-corrected chi connectivity index (χ3v) is 3.81. The van der Waals surface area contributed by atoms with Gasteiger partial charge in [0.2, 0.25) is 0 Å². The fourth-order valence-corrected chi connectivity index (χ4v) is 2.24. The highest BCUT2D eigenvalue weighted by Gasteiger charge is 2.18. The first-order valence-corrected chi connectivity index (χ1v) is 7.20. The summed E-state index contributed by atoms with van der Waals surface area (Å²) in [6, 6.07) is 0.332. The SMILES string of the molecule is CCn1nc(C)c(Cl)c1CN(CCC(N)=NO)C(C)C. The van der Waals surface area contributed by atoms with Crippen molar-refractivity contribution in [1.82, 2.24) is 14.7 Å². The highest BCUT2D eigenvalue weighted by molar-refractivity contribution is 6.31. The zero-order valence-corrected chi connectivity index (χ0v) is 13.4. The van der Waals surface area contributed by atoms with Crippen molar-refractivity contribution in [3.8, 4) is 0 Å². The molecule has 0 saturated heterocycles. The molecule has 0 aliphatic rings. The maximum Gasteiger partial charge on any atom is 0.140 e. The molecule has 20 heavy (non-hydrogen) atoms. The largest absolute Gasteiger partial charge is 0.409 e. The van der Waals surface area contributed by atoms with Gasteiger partial charge in [-0.2, -0.15) is 5.10 Å². The molecule has 0 unspecified atom stereocenters. The second-order valence-corrected chi connectivity index (χ2v) is 5.45. The van der Waals surface area contributed by atoms with Crippen LogP contribution < -0.4 is 5.73 Å². The molecular weight excluding hydrogens is 278 g/mol. The predicted octanol–water partition coefficient (Wildman–Crippen LogP) is 2.21. The molecular formula is C13H24ClN5O. The quantitative estimate of drug-likeness (QED) is 0.350. The summed E-state index contributed by atoms with van der Waals surface area (Å²) in [6.45, 7) is 10.4. The highest BCUT2D eigenvalue weighted by atomic mass is 35.5. The van der Waals surface area contributed by atoms with Gasteiger partial charge < -0.3 is 10.9 Å². The molecule has 3 N–H and O–H groups in total. The molecule has 0 bridgehead atoms. The van der Waals surface area contributed by atoms with Crippen LogP contribution in [0.4, 0.5) is 0 Å². The van der Waals surface area contributed by atoms with Gasteiger partial charge >= 0.3 is 0 Å². The van der Waals surface area contributed by atoms with Gasteiger partial charge in [0, 0.05) is 32.1 Å². The van der Waals surface area contributed by atoms with Gasteiger partial charge in [0.25, 0.3) is 0 Å². The van der Waals surface area contributed by atoms with E-state index in [9.17, 15) is 0 Å². The molecule has 0 aromatic carbocycles. The molecule has 1 aromatic rings. The third-order valence-electron chi connectivity index (χ3n) is 3.32. The molecule has 0 atom stereocenters. The number of hydrogen-bond donors (Lipinski definition) is 2. The van der Waals surface area contributed by atoms with Gasteiger partial charge in [-0.05, 0) is 27.7 Å². The van der Waals surface area contributed by atoms with E-state index in [0.717, 1.165) is 23.0 Å². The lowest BCUT2D eigenvalue weighted by molar-refractivity contribution is 0.211. The van der Waals surface area contributed by atoms with Gasteiger partial charge in [0.05, 0.1) is 16.4 Å². The van der Waals surface area contributed by atoms with Crippen LogP contribution in [0.1, 0.15) is 38.6 Å². The van der Waals surface area contributed by atoms with E-state index in [1.807, 2.05) is 18.5 Å². The molecule has 0 spiro atoms. The third kappa shape index (κ3) is 4.11. The van der Waals surface area contributed by atoms with E-state index in [-0.39, 0.29) is 5.84 Å². The molecule has 1 rings (SSSR count). The van der Waals surface area contributed by atoms with Gasteiger partial charge in [-0.1, -0.05) is 16.8 Å². The Kier molecular flexibility index (Phi) is 6.29. The van der Waals surface area contributed by atoms with Crippen LogP contribution in [-0.4, -0.2) is 38.3 Å². The lowest BCUT2D eigenvalue weighted by Gasteiger charge is -2.26. The van der Waals surface area contributed by atoms with E-state index in [1.54, 1.807) is 0 Å².